The fourth-order valence-electron chi connectivity index (χ4n) is 3.72. The molecule has 7 heteroatoms. The summed E-state index contributed by atoms with van der Waals surface area (Å²) in [5.41, 5.74) is 0.398. The van der Waals surface area contributed by atoms with Crippen molar-refractivity contribution >= 4 is 29.4 Å². The lowest BCUT2D eigenvalue weighted by Gasteiger charge is -2.19. The summed E-state index contributed by atoms with van der Waals surface area (Å²) in [6.45, 7) is 0.819. The molecule has 6 nitrogen and oxygen atoms in total. The summed E-state index contributed by atoms with van der Waals surface area (Å²) in [5, 5.41) is 6.39. The van der Waals surface area contributed by atoms with Gasteiger partial charge in [0, 0.05) is 24.5 Å². The molecular weight excluding hydrogens is 354 g/mol. The Hall–Kier alpha value is -2.08. The SMILES string of the molecule is O=C(CCCN1C(=O)NC2(CCCC2)C1=O)NCCc1cccc(Cl)c1. The first-order chi connectivity index (χ1) is 12.5. The fraction of sp³-hybridized carbons (Fsp3) is 0.526. The van der Waals surface area contributed by atoms with Crippen LogP contribution in [0.1, 0.15) is 44.1 Å². The highest BCUT2D eigenvalue weighted by Crippen LogP contribution is 2.35. The Balaban J connectivity index is 1.37. The molecule has 0 bridgehead atoms. The summed E-state index contributed by atoms with van der Waals surface area (Å²) in [5.74, 6) is -0.198. The van der Waals surface area contributed by atoms with Gasteiger partial charge in [0.25, 0.3) is 5.91 Å². The van der Waals surface area contributed by atoms with Gasteiger partial charge in [0.05, 0.1) is 0 Å². The van der Waals surface area contributed by atoms with E-state index in [4.69, 9.17) is 11.6 Å². The van der Waals surface area contributed by atoms with Crippen LogP contribution in [-0.4, -0.2) is 41.4 Å². The summed E-state index contributed by atoms with van der Waals surface area (Å²) in [6, 6.07) is 7.22. The molecule has 0 atom stereocenters. The molecule has 140 valence electrons. The maximum atomic E-state index is 12.5. The van der Waals surface area contributed by atoms with Gasteiger partial charge >= 0.3 is 6.03 Å². The number of halogens is 1. The van der Waals surface area contributed by atoms with E-state index in [1.807, 2.05) is 24.3 Å². The molecule has 2 N–H and O–H groups in total. The first-order valence-corrected chi connectivity index (χ1v) is 9.53. The normalized spacial score (nSPS) is 18.4. The third kappa shape index (κ3) is 4.18. The van der Waals surface area contributed by atoms with E-state index in [9.17, 15) is 14.4 Å². The van der Waals surface area contributed by atoms with Crippen LogP contribution in [0.15, 0.2) is 24.3 Å². The molecule has 1 aliphatic carbocycles. The van der Waals surface area contributed by atoms with Crippen LogP contribution in [0.5, 0.6) is 0 Å². The van der Waals surface area contributed by atoms with E-state index >= 15 is 0 Å². The van der Waals surface area contributed by atoms with Gasteiger partial charge in [-0.05, 0) is 43.4 Å². The van der Waals surface area contributed by atoms with Crippen LogP contribution in [0.3, 0.4) is 0 Å². The van der Waals surface area contributed by atoms with Gasteiger partial charge in [-0.2, -0.15) is 0 Å². The van der Waals surface area contributed by atoms with Gasteiger partial charge in [-0.3, -0.25) is 14.5 Å². The largest absolute Gasteiger partial charge is 0.356 e. The van der Waals surface area contributed by atoms with Gasteiger partial charge in [-0.25, -0.2) is 4.79 Å². The van der Waals surface area contributed by atoms with Crippen LogP contribution in [0.4, 0.5) is 4.79 Å². The van der Waals surface area contributed by atoms with Gasteiger partial charge in [0.2, 0.25) is 5.91 Å². The summed E-state index contributed by atoms with van der Waals surface area (Å²) >= 11 is 5.93. The number of carbonyl (C=O) groups is 3. The predicted octanol–water partition coefficient (Wildman–Crippen LogP) is 2.64. The number of carbonyl (C=O) groups excluding carboxylic acids is 3. The molecule has 1 spiro atoms. The van der Waals surface area contributed by atoms with Gasteiger partial charge in [-0.1, -0.05) is 36.6 Å². The Kier molecular flexibility index (Phi) is 5.81. The molecule has 3 rings (SSSR count). The number of nitrogens with one attached hydrogen (secondary N) is 2. The minimum Gasteiger partial charge on any atom is -0.356 e. The molecule has 2 fully saturated rings. The molecule has 1 aromatic carbocycles. The molecule has 0 radical (unpaired) electrons. The van der Waals surface area contributed by atoms with E-state index in [0.29, 0.717) is 30.8 Å². The van der Waals surface area contributed by atoms with Gasteiger partial charge < -0.3 is 10.6 Å². The monoisotopic (exact) mass is 377 g/mol. The van der Waals surface area contributed by atoms with Crippen molar-refractivity contribution in [2.45, 2.75) is 50.5 Å². The van der Waals surface area contributed by atoms with Crippen molar-refractivity contribution in [3.05, 3.63) is 34.9 Å². The van der Waals surface area contributed by atoms with E-state index in [1.54, 1.807) is 0 Å². The van der Waals surface area contributed by atoms with Crippen molar-refractivity contribution in [2.24, 2.45) is 0 Å². The highest BCUT2D eigenvalue weighted by molar-refractivity contribution is 6.30. The van der Waals surface area contributed by atoms with E-state index in [2.05, 4.69) is 10.6 Å². The first-order valence-electron chi connectivity index (χ1n) is 9.15. The zero-order chi connectivity index (χ0) is 18.6. The number of hydrogen-bond acceptors (Lipinski definition) is 3. The second-order valence-corrected chi connectivity index (χ2v) is 7.45. The molecule has 1 saturated carbocycles. The first kappa shape index (κ1) is 18.7. The molecule has 1 aromatic rings. The number of amides is 4. The maximum Gasteiger partial charge on any atom is 0.325 e. The summed E-state index contributed by atoms with van der Waals surface area (Å²) < 4.78 is 0. The molecule has 2 aliphatic rings. The lowest BCUT2D eigenvalue weighted by molar-refractivity contribution is -0.131. The second-order valence-electron chi connectivity index (χ2n) is 7.01. The minimum atomic E-state index is -0.670. The zero-order valence-electron chi connectivity index (χ0n) is 14.7. The minimum absolute atomic E-state index is 0.0744. The number of benzene rings is 1. The number of urea groups is 1. The van der Waals surface area contributed by atoms with E-state index in [0.717, 1.165) is 31.2 Å². The number of hydrogen-bond donors (Lipinski definition) is 2. The van der Waals surface area contributed by atoms with Crippen molar-refractivity contribution in [3.8, 4) is 0 Å². The Labute approximate surface area is 158 Å². The quantitative estimate of drug-likeness (QED) is 0.717. The summed E-state index contributed by atoms with van der Waals surface area (Å²) in [6.07, 6.45) is 4.85. The molecule has 1 aliphatic heterocycles. The molecule has 4 amide bonds. The molecular formula is C19H24ClN3O3. The van der Waals surface area contributed by atoms with E-state index < -0.39 is 5.54 Å². The van der Waals surface area contributed by atoms with Crippen LogP contribution < -0.4 is 10.6 Å². The van der Waals surface area contributed by atoms with Crippen molar-refractivity contribution in [1.29, 1.82) is 0 Å². The highest BCUT2D eigenvalue weighted by atomic mass is 35.5. The lowest BCUT2D eigenvalue weighted by Crippen LogP contribution is -2.44. The van der Waals surface area contributed by atoms with Gasteiger partial charge in [0.1, 0.15) is 5.54 Å². The summed E-state index contributed by atoms with van der Waals surface area (Å²) in [7, 11) is 0. The Morgan fingerprint density at radius 1 is 1.27 bits per heavy atom. The second kappa shape index (κ2) is 8.08. The third-order valence-corrected chi connectivity index (χ3v) is 5.35. The number of imide groups is 1. The third-order valence-electron chi connectivity index (χ3n) is 5.11. The fourth-order valence-corrected chi connectivity index (χ4v) is 3.93. The zero-order valence-corrected chi connectivity index (χ0v) is 15.5. The van der Waals surface area contributed by atoms with Gasteiger partial charge in [-0.15, -0.1) is 0 Å². The van der Waals surface area contributed by atoms with Crippen LogP contribution in [0.2, 0.25) is 5.02 Å². The molecule has 0 aromatic heterocycles. The lowest BCUT2D eigenvalue weighted by atomic mass is 9.98. The average molecular weight is 378 g/mol. The Bertz CT molecular complexity index is 701. The predicted molar refractivity (Wildman–Crippen MR) is 98.8 cm³/mol. The average Bonchev–Trinajstić information content (AvgIpc) is 3.15. The molecule has 1 heterocycles. The van der Waals surface area contributed by atoms with Crippen LogP contribution in [-0.2, 0) is 16.0 Å². The topological polar surface area (TPSA) is 78.5 Å². The van der Waals surface area contributed by atoms with Gasteiger partial charge in [0.15, 0.2) is 0 Å². The number of rotatable bonds is 7. The van der Waals surface area contributed by atoms with E-state index in [1.165, 1.54) is 4.90 Å². The number of nitrogens with zero attached hydrogens (tertiary/aromatic N) is 1. The van der Waals surface area contributed by atoms with Crippen LogP contribution in [0.25, 0.3) is 0 Å². The van der Waals surface area contributed by atoms with Crippen LogP contribution >= 0.6 is 11.6 Å². The maximum absolute atomic E-state index is 12.5. The summed E-state index contributed by atoms with van der Waals surface area (Å²) in [4.78, 5) is 37.8. The highest BCUT2D eigenvalue weighted by Gasteiger charge is 2.51. The van der Waals surface area contributed by atoms with Crippen LogP contribution in [0, 0.1) is 0 Å². The van der Waals surface area contributed by atoms with Crippen molar-refractivity contribution < 1.29 is 14.4 Å². The van der Waals surface area contributed by atoms with Crippen molar-refractivity contribution in [3.63, 3.8) is 0 Å². The standard InChI is InChI=1S/C19H24ClN3O3/c20-15-6-3-5-14(13-15)8-11-21-16(24)7-4-12-23-17(25)19(22-18(23)26)9-1-2-10-19/h3,5-6,13H,1-2,4,7-12H2,(H,21,24)(H,22,26). The Morgan fingerprint density at radius 3 is 2.77 bits per heavy atom. The molecule has 26 heavy (non-hydrogen) atoms. The smallest absolute Gasteiger partial charge is 0.325 e. The molecule has 1 saturated heterocycles. The Morgan fingerprint density at radius 2 is 2.04 bits per heavy atom. The van der Waals surface area contributed by atoms with Crippen molar-refractivity contribution in [1.82, 2.24) is 15.5 Å². The van der Waals surface area contributed by atoms with E-state index in [-0.39, 0.29) is 24.4 Å². The van der Waals surface area contributed by atoms with Crippen molar-refractivity contribution in [2.75, 3.05) is 13.1 Å². The molecule has 0 unspecified atom stereocenters.